The zero-order valence-electron chi connectivity index (χ0n) is 27.3. The highest BCUT2D eigenvalue weighted by Crippen LogP contribution is 2.45. The largest absolute Gasteiger partial charge is 0.456 e. The van der Waals surface area contributed by atoms with Gasteiger partial charge in [0.1, 0.15) is 11.2 Å². The highest BCUT2D eigenvalue weighted by atomic mass is 16.3. The smallest absolute Gasteiger partial charge is 0.136 e. The van der Waals surface area contributed by atoms with Gasteiger partial charge in [0.2, 0.25) is 0 Å². The van der Waals surface area contributed by atoms with Crippen LogP contribution in [0.3, 0.4) is 0 Å². The number of nitrogens with zero attached hydrogens (tertiary/aromatic N) is 1. The molecule has 0 aliphatic carbocycles. The Morgan fingerprint density at radius 1 is 0.320 bits per heavy atom. The van der Waals surface area contributed by atoms with Crippen LogP contribution in [-0.4, -0.2) is 0 Å². The highest BCUT2D eigenvalue weighted by molar-refractivity contribution is 6.15. The molecule has 0 aliphatic rings. The fourth-order valence-electron chi connectivity index (χ4n) is 7.60. The van der Waals surface area contributed by atoms with Crippen LogP contribution in [-0.2, 0) is 0 Å². The van der Waals surface area contributed by atoms with Crippen LogP contribution in [0.25, 0.3) is 76.5 Å². The predicted octanol–water partition coefficient (Wildman–Crippen LogP) is 13.8. The maximum Gasteiger partial charge on any atom is 0.136 e. The summed E-state index contributed by atoms with van der Waals surface area (Å²) in [5.74, 6) is 0. The molecule has 0 amide bonds. The predicted molar refractivity (Wildman–Crippen MR) is 212 cm³/mol. The molecule has 0 saturated heterocycles. The molecular formula is C48H31NO. The van der Waals surface area contributed by atoms with E-state index in [0.29, 0.717) is 0 Å². The number of hydrogen-bond donors (Lipinski definition) is 0. The molecule has 10 aromatic rings. The van der Waals surface area contributed by atoms with Crippen molar-refractivity contribution in [3.05, 3.63) is 188 Å². The lowest BCUT2D eigenvalue weighted by molar-refractivity contribution is 0.669. The van der Waals surface area contributed by atoms with Gasteiger partial charge in [0.25, 0.3) is 0 Å². The van der Waals surface area contributed by atoms with E-state index in [2.05, 4.69) is 193 Å². The second kappa shape index (κ2) is 11.5. The standard InChI is InChI=1S/C48H31NO/c1-2-12-33(13-3-1)40-18-10-11-21-45(40)49(46-30-37-16-6-7-17-39(37)41-19-8-9-20-42(41)46)38-25-22-32(23-26-38)36-24-27-47-43(29-36)44-28-34-14-4-5-15-35(34)31-48(44)50-47/h1-31H. The first kappa shape index (κ1) is 28.4. The van der Waals surface area contributed by atoms with Gasteiger partial charge in [0.15, 0.2) is 0 Å². The summed E-state index contributed by atoms with van der Waals surface area (Å²) in [5, 5.41) is 9.61. The van der Waals surface area contributed by atoms with Crippen molar-refractivity contribution in [2.75, 3.05) is 4.90 Å². The van der Waals surface area contributed by atoms with Crippen molar-refractivity contribution in [3.63, 3.8) is 0 Å². The van der Waals surface area contributed by atoms with Crippen LogP contribution in [0.4, 0.5) is 17.1 Å². The number of para-hydroxylation sites is 1. The van der Waals surface area contributed by atoms with Crippen molar-refractivity contribution >= 4 is 71.3 Å². The van der Waals surface area contributed by atoms with Gasteiger partial charge in [-0.3, -0.25) is 0 Å². The van der Waals surface area contributed by atoms with E-state index in [1.165, 1.54) is 43.4 Å². The molecule has 50 heavy (non-hydrogen) atoms. The third-order valence-corrected chi connectivity index (χ3v) is 10.0. The van der Waals surface area contributed by atoms with Crippen LogP contribution in [0.2, 0.25) is 0 Å². The van der Waals surface area contributed by atoms with Crippen LogP contribution in [0, 0.1) is 0 Å². The maximum atomic E-state index is 6.31. The van der Waals surface area contributed by atoms with E-state index in [1.807, 2.05) is 0 Å². The van der Waals surface area contributed by atoms with E-state index in [0.717, 1.165) is 50.1 Å². The van der Waals surface area contributed by atoms with Crippen LogP contribution < -0.4 is 4.90 Å². The van der Waals surface area contributed by atoms with Crippen molar-refractivity contribution in [2.45, 2.75) is 0 Å². The molecule has 0 spiro atoms. The maximum absolute atomic E-state index is 6.31. The third-order valence-electron chi connectivity index (χ3n) is 10.0. The monoisotopic (exact) mass is 637 g/mol. The van der Waals surface area contributed by atoms with Crippen molar-refractivity contribution in [2.24, 2.45) is 0 Å². The SMILES string of the molecule is c1ccc(-c2ccccc2N(c2ccc(-c3ccc4oc5cc6ccccc6cc5c4c3)cc2)c2cc3ccccc3c3ccccc23)cc1. The quantitative estimate of drug-likeness (QED) is 0.175. The molecule has 10 rings (SSSR count). The molecular weight excluding hydrogens is 607 g/mol. The molecule has 2 nitrogen and oxygen atoms in total. The molecule has 1 aromatic heterocycles. The second-order valence-electron chi connectivity index (χ2n) is 12.9. The van der Waals surface area contributed by atoms with Crippen LogP contribution >= 0.6 is 0 Å². The Bertz CT molecular complexity index is 2870. The summed E-state index contributed by atoms with van der Waals surface area (Å²) in [4.78, 5) is 2.43. The van der Waals surface area contributed by atoms with Crippen LogP contribution in [0.5, 0.6) is 0 Å². The van der Waals surface area contributed by atoms with E-state index < -0.39 is 0 Å². The summed E-state index contributed by atoms with van der Waals surface area (Å²) in [6.07, 6.45) is 0. The minimum atomic E-state index is 0.905. The molecule has 0 fully saturated rings. The normalized spacial score (nSPS) is 11.6. The summed E-state index contributed by atoms with van der Waals surface area (Å²) < 4.78 is 6.31. The minimum absolute atomic E-state index is 0.905. The fraction of sp³-hybridized carbons (Fsp3) is 0. The average Bonchev–Trinajstić information content (AvgIpc) is 3.54. The summed E-state index contributed by atoms with van der Waals surface area (Å²) in [6.45, 7) is 0. The topological polar surface area (TPSA) is 16.4 Å². The lowest BCUT2D eigenvalue weighted by Crippen LogP contribution is -2.12. The lowest BCUT2D eigenvalue weighted by Gasteiger charge is -2.29. The first-order valence-corrected chi connectivity index (χ1v) is 17.1. The van der Waals surface area contributed by atoms with Gasteiger partial charge in [-0.05, 0) is 92.2 Å². The van der Waals surface area contributed by atoms with E-state index in [1.54, 1.807) is 0 Å². The van der Waals surface area contributed by atoms with Crippen molar-refractivity contribution in [3.8, 4) is 22.3 Å². The molecule has 0 bridgehead atoms. The van der Waals surface area contributed by atoms with Crippen molar-refractivity contribution < 1.29 is 4.42 Å². The highest BCUT2D eigenvalue weighted by Gasteiger charge is 2.20. The van der Waals surface area contributed by atoms with E-state index in [-0.39, 0.29) is 0 Å². The molecule has 0 atom stereocenters. The number of fused-ring (bicyclic) bond motifs is 7. The van der Waals surface area contributed by atoms with E-state index in [9.17, 15) is 0 Å². The zero-order valence-corrected chi connectivity index (χ0v) is 27.3. The Balaban J connectivity index is 1.15. The molecule has 9 aromatic carbocycles. The number of anilines is 3. The Kier molecular flexibility index (Phi) is 6.53. The minimum Gasteiger partial charge on any atom is -0.456 e. The molecule has 0 radical (unpaired) electrons. The van der Waals surface area contributed by atoms with E-state index >= 15 is 0 Å². The van der Waals surface area contributed by atoms with Crippen molar-refractivity contribution in [1.29, 1.82) is 0 Å². The fourth-order valence-corrected chi connectivity index (χ4v) is 7.60. The van der Waals surface area contributed by atoms with Crippen molar-refractivity contribution in [1.82, 2.24) is 0 Å². The Morgan fingerprint density at radius 2 is 0.940 bits per heavy atom. The third kappa shape index (κ3) is 4.65. The Morgan fingerprint density at radius 3 is 1.76 bits per heavy atom. The number of rotatable bonds is 5. The van der Waals surface area contributed by atoms with Gasteiger partial charge in [-0.25, -0.2) is 0 Å². The van der Waals surface area contributed by atoms with Gasteiger partial charge < -0.3 is 9.32 Å². The van der Waals surface area contributed by atoms with E-state index in [4.69, 9.17) is 4.42 Å². The molecule has 1 heterocycles. The Hall–Kier alpha value is -6.64. The van der Waals surface area contributed by atoms with Gasteiger partial charge in [0.05, 0.1) is 11.4 Å². The molecule has 234 valence electrons. The summed E-state index contributed by atoms with van der Waals surface area (Å²) in [5.41, 5.74) is 9.88. The summed E-state index contributed by atoms with van der Waals surface area (Å²) in [7, 11) is 0. The number of furan rings is 1. The molecule has 0 saturated carbocycles. The summed E-state index contributed by atoms with van der Waals surface area (Å²) >= 11 is 0. The molecule has 2 heteroatoms. The number of hydrogen-bond acceptors (Lipinski definition) is 2. The average molecular weight is 638 g/mol. The first-order chi connectivity index (χ1) is 24.8. The summed E-state index contributed by atoms with van der Waals surface area (Å²) in [6, 6.07) is 67.6. The first-order valence-electron chi connectivity index (χ1n) is 17.1. The van der Waals surface area contributed by atoms with Crippen LogP contribution in [0.1, 0.15) is 0 Å². The van der Waals surface area contributed by atoms with Gasteiger partial charge in [-0.1, -0.05) is 140 Å². The zero-order chi connectivity index (χ0) is 33.0. The van der Waals surface area contributed by atoms with Gasteiger partial charge in [0, 0.05) is 27.4 Å². The molecule has 0 N–H and O–H groups in total. The number of benzene rings is 9. The molecule has 0 unspecified atom stereocenters. The Labute approximate surface area is 290 Å². The van der Waals surface area contributed by atoms with Gasteiger partial charge in [-0.15, -0.1) is 0 Å². The van der Waals surface area contributed by atoms with Crippen LogP contribution in [0.15, 0.2) is 192 Å². The van der Waals surface area contributed by atoms with Gasteiger partial charge >= 0.3 is 0 Å². The lowest BCUT2D eigenvalue weighted by atomic mass is 9.97. The second-order valence-corrected chi connectivity index (χ2v) is 12.9. The molecule has 0 aliphatic heterocycles. The van der Waals surface area contributed by atoms with Gasteiger partial charge in [-0.2, -0.15) is 0 Å².